The van der Waals surface area contributed by atoms with E-state index in [2.05, 4.69) is 15.9 Å². The summed E-state index contributed by atoms with van der Waals surface area (Å²) in [6.45, 7) is 2.28. The van der Waals surface area contributed by atoms with Crippen molar-refractivity contribution in [3.8, 4) is 0 Å². The first-order valence-electron chi connectivity index (χ1n) is 4.21. The molecule has 0 radical (unpaired) electrons. The SMILES string of the molecule is Cc1cc(C(Br)C(C)(F)F)c(Cl)cc1F. The Bertz CT molecular complexity index is 374. The highest BCUT2D eigenvalue weighted by Crippen LogP contribution is 2.41. The van der Waals surface area contributed by atoms with Gasteiger partial charge in [-0.25, -0.2) is 13.2 Å². The fourth-order valence-corrected chi connectivity index (χ4v) is 1.92. The second-order valence-electron chi connectivity index (χ2n) is 3.44. The second kappa shape index (κ2) is 4.34. The molecule has 0 nitrogen and oxygen atoms in total. The molecule has 1 unspecified atom stereocenters. The average molecular weight is 302 g/mol. The minimum Gasteiger partial charge on any atom is -0.207 e. The van der Waals surface area contributed by atoms with Gasteiger partial charge in [0.05, 0.1) is 0 Å². The Balaban J connectivity index is 3.21. The largest absolute Gasteiger partial charge is 0.261 e. The molecule has 0 saturated heterocycles. The molecule has 1 aromatic rings. The van der Waals surface area contributed by atoms with E-state index in [-0.39, 0.29) is 10.6 Å². The number of aryl methyl sites for hydroxylation is 1. The van der Waals surface area contributed by atoms with E-state index in [4.69, 9.17) is 11.6 Å². The number of alkyl halides is 3. The van der Waals surface area contributed by atoms with E-state index in [1.54, 1.807) is 0 Å². The molecule has 0 bridgehead atoms. The Morgan fingerprint density at radius 2 is 1.93 bits per heavy atom. The highest BCUT2D eigenvalue weighted by atomic mass is 79.9. The molecular weight excluding hydrogens is 292 g/mol. The number of halogens is 5. The Morgan fingerprint density at radius 3 is 2.40 bits per heavy atom. The minimum atomic E-state index is -2.95. The van der Waals surface area contributed by atoms with E-state index < -0.39 is 16.6 Å². The molecule has 0 heterocycles. The van der Waals surface area contributed by atoms with Gasteiger partial charge in [-0.05, 0) is 24.1 Å². The van der Waals surface area contributed by atoms with Gasteiger partial charge in [0, 0.05) is 11.9 Å². The molecule has 5 heteroatoms. The van der Waals surface area contributed by atoms with Crippen molar-refractivity contribution < 1.29 is 13.2 Å². The molecule has 84 valence electrons. The first-order valence-corrected chi connectivity index (χ1v) is 5.50. The van der Waals surface area contributed by atoms with Gasteiger partial charge < -0.3 is 0 Å². The van der Waals surface area contributed by atoms with Gasteiger partial charge in [-0.2, -0.15) is 0 Å². The van der Waals surface area contributed by atoms with Crippen LogP contribution < -0.4 is 0 Å². The smallest absolute Gasteiger partial charge is 0.207 e. The van der Waals surface area contributed by atoms with Crippen LogP contribution in [0.15, 0.2) is 12.1 Å². The summed E-state index contributed by atoms with van der Waals surface area (Å²) in [6.07, 6.45) is 0. The molecule has 0 fully saturated rings. The van der Waals surface area contributed by atoms with E-state index in [0.717, 1.165) is 13.0 Å². The van der Waals surface area contributed by atoms with Crippen LogP contribution in [0.4, 0.5) is 13.2 Å². The standard InChI is InChI=1S/C10H9BrClF3/c1-5-3-6(7(12)4-8(5)13)9(11)10(2,14)15/h3-4,9H,1-2H3. The third-order valence-electron chi connectivity index (χ3n) is 2.00. The van der Waals surface area contributed by atoms with Crippen LogP contribution in [0.5, 0.6) is 0 Å². The highest BCUT2D eigenvalue weighted by Gasteiger charge is 2.34. The van der Waals surface area contributed by atoms with Crippen LogP contribution in [0.3, 0.4) is 0 Å². The molecule has 0 saturated carbocycles. The van der Waals surface area contributed by atoms with Crippen LogP contribution in [0.1, 0.15) is 22.9 Å². The van der Waals surface area contributed by atoms with E-state index in [9.17, 15) is 13.2 Å². The third kappa shape index (κ3) is 2.88. The van der Waals surface area contributed by atoms with Gasteiger partial charge in [-0.15, -0.1) is 0 Å². The van der Waals surface area contributed by atoms with Gasteiger partial charge in [0.1, 0.15) is 10.6 Å². The van der Waals surface area contributed by atoms with Crippen LogP contribution in [0.25, 0.3) is 0 Å². The first kappa shape index (κ1) is 12.8. The number of hydrogen-bond donors (Lipinski definition) is 0. The summed E-state index contributed by atoms with van der Waals surface area (Å²) in [4.78, 5) is -1.21. The molecule has 0 N–H and O–H groups in total. The van der Waals surface area contributed by atoms with E-state index in [0.29, 0.717) is 5.56 Å². The highest BCUT2D eigenvalue weighted by molar-refractivity contribution is 9.09. The summed E-state index contributed by atoms with van der Waals surface area (Å²) in [5.41, 5.74) is 0.492. The zero-order valence-electron chi connectivity index (χ0n) is 8.12. The van der Waals surface area contributed by atoms with Gasteiger partial charge in [-0.1, -0.05) is 33.6 Å². The van der Waals surface area contributed by atoms with Gasteiger partial charge in [0.25, 0.3) is 5.92 Å². The predicted molar refractivity (Wildman–Crippen MR) is 58.4 cm³/mol. The molecule has 0 spiro atoms. The van der Waals surface area contributed by atoms with Gasteiger partial charge >= 0.3 is 0 Å². The maximum Gasteiger partial charge on any atom is 0.261 e. The Kier molecular flexibility index (Phi) is 3.71. The number of rotatable bonds is 2. The van der Waals surface area contributed by atoms with Crippen molar-refractivity contribution in [3.63, 3.8) is 0 Å². The molecule has 0 aliphatic rings. The molecule has 1 rings (SSSR count). The lowest BCUT2D eigenvalue weighted by atomic mass is 10.1. The summed E-state index contributed by atoms with van der Waals surface area (Å²) in [5.74, 6) is -3.45. The maximum absolute atomic E-state index is 13.0. The predicted octanol–water partition coefficient (Wildman–Crippen LogP) is 4.88. The third-order valence-corrected chi connectivity index (χ3v) is 3.62. The van der Waals surface area contributed by atoms with Crippen molar-refractivity contribution in [1.82, 2.24) is 0 Å². The molecule has 0 amide bonds. The van der Waals surface area contributed by atoms with Crippen LogP contribution in [-0.2, 0) is 0 Å². The molecule has 0 aliphatic carbocycles. The summed E-state index contributed by atoms with van der Waals surface area (Å²) in [5, 5.41) is 0.00139. The van der Waals surface area contributed by atoms with E-state index in [1.165, 1.54) is 13.0 Å². The zero-order chi connectivity index (χ0) is 11.8. The Hall–Kier alpha value is -0.220. The van der Waals surface area contributed by atoms with E-state index >= 15 is 0 Å². The van der Waals surface area contributed by atoms with Crippen LogP contribution in [0, 0.1) is 12.7 Å². The topological polar surface area (TPSA) is 0 Å². The molecular formula is C10H9BrClF3. The van der Waals surface area contributed by atoms with Crippen LogP contribution >= 0.6 is 27.5 Å². The zero-order valence-corrected chi connectivity index (χ0v) is 10.5. The molecule has 1 atom stereocenters. The fraction of sp³-hybridized carbons (Fsp3) is 0.400. The molecule has 15 heavy (non-hydrogen) atoms. The van der Waals surface area contributed by atoms with Crippen LogP contribution in [0.2, 0.25) is 5.02 Å². The number of hydrogen-bond acceptors (Lipinski definition) is 0. The second-order valence-corrected chi connectivity index (χ2v) is 4.76. The normalized spacial score (nSPS) is 14.1. The lowest BCUT2D eigenvalue weighted by Gasteiger charge is -2.19. The summed E-state index contributed by atoms with van der Waals surface area (Å²) in [6, 6.07) is 2.38. The van der Waals surface area contributed by atoms with Crippen molar-refractivity contribution in [1.29, 1.82) is 0 Å². The fourth-order valence-electron chi connectivity index (χ4n) is 1.15. The minimum absolute atomic E-state index is 0.00139. The Labute approximate surface area is 99.6 Å². The molecule has 0 aliphatic heterocycles. The average Bonchev–Trinajstić information content (AvgIpc) is 2.08. The Morgan fingerprint density at radius 1 is 1.40 bits per heavy atom. The summed E-state index contributed by atoms with van der Waals surface area (Å²) in [7, 11) is 0. The molecule has 0 aromatic heterocycles. The lowest BCUT2D eigenvalue weighted by Crippen LogP contribution is -2.17. The van der Waals surface area contributed by atoms with Gasteiger partial charge in [0.15, 0.2) is 0 Å². The van der Waals surface area contributed by atoms with Crippen molar-refractivity contribution in [3.05, 3.63) is 34.1 Å². The monoisotopic (exact) mass is 300 g/mol. The lowest BCUT2D eigenvalue weighted by molar-refractivity contribution is 0.0213. The van der Waals surface area contributed by atoms with Crippen LogP contribution in [-0.4, -0.2) is 5.92 Å². The van der Waals surface area contributed by atoms with Crippen molar-refractivity contribution in [2.75, 3.05) is 0 Å². The maximum atomic E-state index is 13.0. The van der Waals surface area contributed by atoms with Crippen molar-refractivity contribution >= 4 is 27.5 Å². The van der Waals surface area contributed by atoms with Crippen molar-refractivity contribution in [2.24, 2.45) is 0 Å². The first-order chi connectivity index (χ1) is 6.73. The quantitative estimate of drug-likeness (QED) is 0.683. The van der Waals surface area contributed by atoms with Crippen molar-refractivity contribution in [2.45, 2.75) is 24.6 Å². The summed E-state index contributed by atoms with van der Waals surface area (Å²) < 4.78 is 39.1. The molecule has 1 aromatic carbocycles. The summed E-state index contributed by atoms with van der Waals surface area (Å²) >= 11 is 8.56. The number of benzene rings is 1. The van der Waals surface area contributed by atoms with E-state index in [1.807, 2.05) is 0 Å². The van der Waals surface area contributed by atoms with Gasteiger partial charge in [-0.3, -0.25) is 0 Å². The van der Waals surface area contributed by atoms with Gasteiger partial charge in [0.2, 0.25) is 0 Å².